The smallest absolute Gasteiger partial charge is 0.0973 e. The van der Waals surface area contributed by atoms with Gasteiger partial charge in [-0.3, -0.25) is 19.9 Å². The van der Waals surface area contributed by atoms with Gasteiger partial charge in [0.25, 0.3) is 0 Å². The molecule has 12 heteroatoms. The normalized spacial score (nSPS) is 11.2. The highest BCUT2D eigenvalue weighted by Crippen LogP contribution is 2.39. The fourth-order valence-corrected chi connectivity index (χ4v) is 14.6. The second-order valence-corrected chi connectivity index (χ2v) is 31.3. The van der Waals surface area contributed by atoms with Crippen molar-refractivity contribution in [3.8, 4) is 134 Å². The highest BCUT2D eigenvalue weighted by Gasteiger charge is 2.26. The van der Waals surface area contributed by atoms with Crippen LogP contribution in [0.1, 0.15) is 52.9 Å². The van der Waals surface area contributed by atoms with Crippen LogP contribution in [-0.2, 0) is 10.8 Å². The van der Waals surface area contributed by atoms with E-state index in [0.717, 1.165) is 162 Å². The second kappa shape index (κ2) is 35.0. The third kappa shape index (κ3) is 17.7. The molecule has 0 atom stereocenters. The van der Waals surface area contributed by atoms with E-state index in [4.69, 9.17) is 39.9 Å². The molecule has 20 rings (SSSR count). The first kappa shape index (κ1) is 77.2. The van der Waals surface area contributed by atoms with E-state index in [1.165, 1.54) is 27.8 Å². The molecule has 0 N–H and O–H groups in total. The van der Waals surface area contributed by atoms with Crippen molar-refractivity contribution >= 4 is 44.1 Å². The molecule has 8 aromatic heterocycles. The lowest BCUT2D eigenvalue weighted by Crippen LogP contribution is -2.16. The molecule has 0 fully saturated rings. The van der Waals surface area contributed by atoms with Gasteiger partial charge in [-0.25, -0.2) is 39.9 Å². The Morgan fingerprint density at radius 3 is 0.675 bits per heavy atom. The average Bonchev–Trinajstić information content (AvgIpc) is 0.789. The number of hydrogen-bond acceptors (Lipinski definition) is 12. The van der Waals surface area contributed by atoms with E-state index < -0.39 is 0 Å². The van der Waals surface area contributed by atoms with Crippen LogP contribution in [0.3, 0.4) is 0 Å². The Kier molecular flexibility index (Phi) is 22.5. The lowest BCUT2D eigenvalue weighted by Gasteiger charge is -2.21. The maximum absolute atomic E-state index is 5.03. The van der Waals surface area contributed by atoms with Crippen molar-refractivity contribution in [2.45, 2.75) is 52.4 Å². The summed E-state index contributed by atoms with van der Waals surface area (Å²) < 4.78 is 0. The Bertz CT molecular complexity index is 6210. The van der Waals surface area contributed by atoms with E-state index in [1.54, 1.807) is 12.4 Å². The van der Waals surface area contributed by atoms with Crippen molar-refractivity contribution in [3.63, 3.8) is 0 Å². The number of para-hydroxylation sites is 8. The van der Waals surface area contributed by atoms with Crippen molar-refractivity contribution < 1.29 is 0 Å². The molecule has 0 aliphatic heterocycles. The monoisotopic (exact) mass is 1550 g/mol. The van der Waals surface area contributed by atoms with Crippen LogP contribution in [0.2, 0.25) is 0 Å². The average molecular weight is 1550 g/mol. The molecule has 0 spiro atoms. The van der Waals surface area contributed by atoms with Crippen molar-refractivity contribution in [2.75, 3.05) is 0 Å². The first-order chi connectivity index (χ1) is 58.7. The first-order valence-corrected chi connectivity index (χ1v) is 40.2. The molecule has 576 valence electrons. The zero-order valence-electron chi connectivity index (χ0n) is 67.5. The summed E-state index contributed by atoms with van der Waals surface area (Å²) in [5.41, 5.74) is 34.5. The molecule has 12 nitrogen and oxygen atoms in total. The van der Waals surface area contributed by atoms with Crippen LogP contribution in [0.4, 0.5) is 0 Å². The van der Waals surface area contributed by atoms with Crippen molar-refractivity contribution in [2.24, 2.45) is 0 Å². The molecule has 0 unspecified atom stereocenters. The Morgan fingerprint density at radius 2 is 0.392 bits per heavy atom. The molecule has 12 aromatic carbocycles. The molecule has 0 radical (unpaired) electrons. The number of fused-ring (bicyclic) bond motifs is 4. The van der Waals surface area contributed by atoms with Crippen LogP contribution in [0, 0.1) is 0 Å². The Morgan fingerprint density at radius 1 is 0.158 bits per heavy atom. The van der Waals surface area contributed by atoms with Crippen LogP contribution >= 0.6 is 0 Å². The predicted octanol–water partition coefficient (Wildman–Crippen LogP) is 26.7. The molecule has 0 aliphatic rings. The number of nitrogens with zero attached hydrogens (tertiary/aromatic N) is 12. The quantitative estimate of drug-likeness (QED) is 0.114. The molecule has 0 bridgehead atoms. The summed E-state index contributed by atoms with van der Waals surface area (Å²) in [4.78, 5) is 56.8. The Labute approximate surface area is 699 Å². The van der Waals surface area contributed by atoms with E-state index in [9.17, 15) is 0 Å². The van der Waals surface area contributed by atoms with Gasteiger partial charge in [0.1, 0.15) is 0 Å². The number of benzene rings is 12. The zero-order chi connectivity index (χ0) is 81.8. The molecular weight excluding hydrogens is 1470 g/mol. The van der Waals surface area contributed by atoms with Crippen molar-refractivity contribution in [1.29, 1.82) is 0 Å². The number of hydrogen-bond donors (Lipinski definition) is 0. The summed E-state index contributed by atoms with van der Waals surface area (Å²) >= 11 is 0. The fourth-order valence-electron chi connectivity index (χ4n) is 14.6. The minimum atomic E-state index is -0.0889. The Hall–Kier alpha value is -15.4. The van der Waals surface area contributed by atoms with Crippen LogP contribution in [-0.4, -0.2) is 59.8 Å². The lowest BCUT2D eigenvalue weighted by atomic mass is 9.88. The molecule has 8 heterocycles. The third-order valence-corrected chi connectivity index (χ3v) is 20.8. The minimum absolute atomic E-state index is 0.0872. The molecule has 0 aliphatic carbocycles. The SMILES string of the molecule is CC(C)(C)c1nc2ccccc2nc1-c1ccc(-c2cccnc2)cc1.CC(C)(C)c1nc2ccccc2nc1-c1ccc(-c2ccncc2)cc1.c1ccc(-c2ccc(-c3nc4ccccc4nc3-c3ccc(-c4ccccn4)cc3)cc2)cc1.c1ccc(-c2ccc(-c3nc4ccccc4nc3-c3ccc(-c4cccnc4)cc3)cc2)cc1. The van der Waals surface area contributed by atoms with Gasteiger partial charge in [0.2, 0.25) is 0 Å². The molecule has 0 saturated carbocycles. The number of rotatable bonds is 12. The fraction of sp³-hybridized carbons (Fsp3) is 0.0741. The van der Waals surface area contributed by atoms with E-state index in [1.807, 2.05) is 183 Å². The first-order valence-electron chi connectivity index (χ1n) is 40.2. The van der Waals surface area contributed by atoms with Gasteiger partial charge in [0, 0.05) is 93.2 Å². The largest absolute Gasteiger partial charge is 0.265 e. The van der Waals surface area contributed by atoms with Gasteiger partial charge in [-0.1, -0.05) is 315 Å². The highest BCUT2D eigenvalue weighted by atomic mass is 14.9. The summed E-state index contributed by atoms with van der Waals surface area (Å²) in [7, 11) is 0. The Balaban J connectivity index is 0.000000115. The van der Waals surface area contributed by atoms with Crippen LogP contribution in [0.15, 0.2) is 401 Å². The molecule has 20 aromatic rings. The standard InChI is InChI=1S/2C31H21N3.2C23H21N3/c1-2-8-22(9-3-1)23-13-17-25(18-14-23)30-31(34-29-12-5-4-11-28(29)33-30)26-19-15-24(16-20-26)27-10-6-7-21-32-27;1-2-7-22(8-3-1)23-12-16-25(17-13-23)30-31(34-29-11-5-4-10-28(29)33-30)26-18-14-24(15-19-26)27-9-6-20-32-21-27;1-23(2,3)22-21(25-19-8-4-5-9-20(19)26-22)17-12-10-16(11-13-17)18-7-6-14-24-15-18;1-23(2,3)22-21(25-19-6-4-5-7-20(19)26-22)18-10-8-16(9-11-18)17-12-14-24-15-13-17/h2*1-21H;2*4-15H,1-3H3. The second-order valence-electron chi connectivity index (χ2n) is 31.3. The predicted molar refractivity (Wildman–Crippen MR) is 492 cm³/mol. The summed E-state index contributed by atoms with van der Waals surface area (Å²) in [6.45, 7) is 13.1. The minimum Gasteiger partial charge on any atom is -0.265 e. The molecular formula is C108H84N12. The number of aromatic nitrogens is 12. The summed E-state index contributed by atoms with van der Waals surface area (Å²) in [5.74, 6) is 0. The van der Waals surface area contributed by atoms with E-state index >= 15 is 0 Å². The number of pyridine rings is 4. The maximum atomic E-state index is 5.03. The van der Waals surface area contributed by atoms with E-state index in [2.05, 4.69) is 268 Å². The van der Waals surface area contributed by atoms with E-state index in [-0.39, 0.29) is 10.8 Å². The zero-order valence-corrected chi connectivity index (χ0v) is 67.5. The molecule has 0 saturated heterocycles. The van der Waals surface area contributed by atoms with Gasteiger partial charge in [0.15, 0.2) is 0 Å². The van der Waals surface area contributed by atoms with Gasteiger partial charge >= 0.3 is 0 Å². The van der Waals surface area contributed by atoms with Gasteiger partial charge in [-0.15, -0.1) is 0 Å². The van der Waals surface area contributed by atoms with Gasteiger partial charge in [-0.05, 0) is 141 Å². The summed E-state index contributed by atoms with van der Waals surface area (Å²) in [5, 5.41) is 0. The van der Waals surface area contributed by atoms with E-state index in [0.29, 0.717) is 0 Å². The summed E-state index contributed by atoms with van der Waals surface area (Å²) in [6, 6.07) is 122. The van der Waals surface area contributed by atoms with Crippen LogP contribution < -0.4 is 0 Å². The van der Waals surface area contributed by atoms with Crippen molar-refractivity contribution in [3.05, 3.63) is 413 Å². The lowest BCUT2D eigenvalue weighted by molar-refractivity contribution is 0.571. The van der Waals surface area contributed by atoms with Gasteiger partial charge in [0.05, 0.1) is 95.4 Å². The van der Waals surface area contributed by atoms with Crippen LogP contribution in [0.5, 0.6) is 0 Å². The topological polar surface area (TPSA) is 155 Å². The third-order valence-electron chi connectivity index (χ3n) is 20.8. The molecule has 0 amide bonds. The summed E-state index contributed by atoms with van der Waals surface area (Å²) in [6.07, 6.45) is 12.8. The van der Waals surface area contributed by atoms with Gasteiger partial charge < -0.3 is 0 Å². The highest BCUT2D eigenvalue weighted by molar-refractivity contribution is 5.90. The maximum Gasteiger partial charge on any atom is 0.0973 e. The molecule has 120 heavy (non-hydrogen) atoms. The van der Waals surface area contributed by atoms with Gasteiger partial charge in [-0.2, -0.15) is 0 Å². The van der Waals surface area contributed by atoms with Crippen LogP contribution in [0.25, 0.3) is 179 Å². The van der Waals surface area contributed by atoms with Crippen molar-refractivity contribution in [1.82, 2.24) is 59.8 Å².